The first kappa shape index (κ1) is 19.4. The summed E-state index contributed by atoms with van der Waals surface area (Å²) in [5, 5.41) is 7.91. The number of rotatable bonds is 7. The minimum absolute atomic E-state index is 0.0120. The third-order valence-electron chi connectivity index (χ3n) is 4.35. The highest BCUT2D eigenvalue weighted by atomic mass is 32.2. The molecule has 7 heteroatoms. The first-order valence-corrected chi connectivity index (χ1v) is 10.1. The number of hydrogen-bond acceptors (Lipinski definition) is 5. The number of fused-ring (bicyclic) bond motifs is 1. The van der Waals surface area contributed by atoms with Gasteiger partial charge in [-0.15, -0.1) is 5.10 Å². The molecule has 0 spiro atoms. The van der Waals surface area contributed by atoms with Crippen molar-refractivity contribution < 1.29 is 4.79 Å². The normalized spacial score (nSPS) is 13.5. The Balaban J connectivity index is 1.70. The highest BCUT2D eigenvalue weighted by Crippen LogP contribution is 2.23. The maximum atomic E-state index is 12.7. The molecule has 0 fully saturated rings. The number of nitrogens with zero attached hydrogens (tertiary/aromatic N) is 4. The van der Waals surface area contributed by atoms with Gasteiger partial charge in [0.25, 0.3) is 5.78 Å². The molecule has 0 saturated carbocycles. The minimum Gasteiger partial charge on any atom is -0.348 e. The molecule has 2 aromatic heterocycles. The van der Waals surface area contributed by atoms with Crippen LogP contribution in [0.2, 0.25) is 0 Å². The summed E-state index contributed by atoms with van der Waals surface area (Å²) in [6.07, 6.45) is 1.90. The zero-order valence-corrected chi connectivity index (χ0v) is 17.0. The maximum absolute atomic E-state index is 12.7. The molecule has 142 valence electrons. The average Bonchev–Trinajstić information content (AvgIpc) is 3.04. The number of aromatic nitrogens is 4. The lowest BCUT2D eigenvalue weighted by atomic mass is 10.0. The first-order valence-electron chi connectivity index (χ1n) is 9.21. The fourth-order valence-corrected chi connectivity index (χ4v) is 3.75. The number of aryl methyl sites for hydroxylation is 2. The lowest BCUT2D eigenvalue weighted by Gasteiger charge is -2.20. The van der Waals surface area contributed by atoms with Crippen LogP contribution >= 0.6 is 11.8 Å². The lowest BCUT2D eigenvalue weighted by Crippen LogP contribution is -2.34. The number of amides is 1. The molecule has 3 rings (SSSR count). The monoisotopic (exact) mass is 383 g/mol. The van der Waals surface area contributed by atoms with Crippen molar-refractivity contribution in [1.29, 1.82) is 0 Å². The van der Waals surface area contributed by atoms with Crippen molar-refractivity contribution in [1.82, 2.24) is 24.9 Å². The van der Waals surface area contributed by atoms with Crippen LogP contribution in [0.15, 0.2) is 41.6 Å². The summed E-state index contributed by atoms with van der Waals surface area (Å²) < 4.78 is 1.71. The molecule has 1 aromatic carbocycles. The zero-order chi connectivity index (χ0) is 19.4. The van der Waals surface area contributed by atoms with Gasteiger partial charge in [-0.05, 0) is 38.8 Å². The highest BCUT2D eigenvalue weighted by molar-refractivity contribution is 8.00. The summed E-state index contributed by atoms with van der Waals surface area (Å²) >= 11 is 1.35. The Bertz CT molecular complexity index is 925. The average molecular weight is 384 g/mol. The molecule has 0 saturated heterocycles. The number of nitrogens with one attached hydrogen (secondary N) is 1. The standard InChI is InChI=1S/C20H25N5OS/c1-5-9-17(16-10-7-6-8-11-16)22-18(26)15(4)27-20-23-19-21-13(2)12-14(3)25(19)24-20/h6-8,10-12,15,17H,5,9H2,1-4H3,(H,22,26). The molecule has 0 bridgehead atoms. The van der Waals surface area contributed by atoms with E-state index < -0.39 is 0 Å². The largest absolute Gasteiger partial charge is 0.348 e. The second kappa shape index (κ2) is 8.52. The van der Waals surface area contributed by atoms with Crippen molar-refractivity contribution in [2.75, 3.05) is 0 Å². The van der Waals surface area contributed by atoms with E-state index in [1.807, 2.05) is 45.0 Å². The molecule has 2 atom stereocenters. The Morgan fingerprint density at radius 3 is 2.67 bits per heavy atom. The molecule has 0 aliphatic carbocycles. The van der Waals surface area contributed by atoms with Gasteiger partial charge in [-0.3, -0.25) is 4.79 Å². The van der Waals surface area contributed by atoms with Crippen LogP contribution in [0.5, 0.6) is 0 Å². The smallest absolute Gasteiger partial charge is 0.253 e. The Morgan fingerprint density at radius 2 is 1.96 bits per heavy atom. The first-order chi connectivity index (χ1) is 13.0. The van der Waals surface area contributed by atoms with Crippen LogP contribution in [-0.2, 0) is 4.79 Å². The van der Waals surface area contributed by atoms with E-state index in [0.29, 0.717) is 10.9 Å². The van der Waals surface area contributed by atoms with Gasteiger partial charge in [0.05, 0.1) is 11.3 Å². The Labute approximate surface area is 163 Å². The SMILES string of the molecule is CCCC(NC(=O)C(C)Sc1nc2nc(C)cc(C)n2n1)c1ccccc1. The third-order valence-corrected chi connectivity index (χ3v) is 5.30. The van der Waals surface area contributed by atoms with Crippen LogP contribution in [0.1, 0.15) is 49.7 Å². The van der Waals surface area contributed by atoms with E-state index in [0.717, 1.165) is 29.8 Å². The van der Waals surface area contributed by atoms with Gasteiger partial charge >= 0.3 is 0 Å². The van der Waals surface area contributed by atoms with E-state index in [9.17, 15) is 4.79 Å². The van der Waals surface area contributed by atoms with Crippen molar-refractivity contribution in [3.8, 4) is 0 Å². The second-order valence-corrected chi connectivity index (χ2v) is 7.97. The molecule has 1 N–H and O–H groups in total. The van der Waals surface area contributed by atoms with Gasteiger partial charge in [-0.2, -0.15) is 4.98 Å². The summed E-state index contributed by atoms with van der Waals surface area (Å²) in [5.41, 5.74) is 3.01. The molecule has 0 radical (unpaired) electrons. The van der Waals surface area contributed by atoms with Crippen LogP contribution in [0, 0.1) is 13.8 Å². The van der Waals surface area contributed by atoms with Crippen LogP contribution < -0.4 is 5.32 Å². The predicted molar refractivity (Wildman–Crippen MR) is 108 cm³/mol. The number of thioether (sulfide) groups is 1. The molecule has 0 aliphatic heterocycles. The molecule has 3 aromatic rings. The summed E-state index contributed by atoms with van der Waals surface area (Å²) in [6.45, 7) is 7.90. The van der Waals surface area contributed by atoms with E-state index in [2.05, 4.69) is 39.4 Å². The fourth-order valence-electron chi connectivity index (χ4n) is 2.99. The molecule has 27 heavy (non-hydrogen) atoms. The third kappa shape index (κ3) is 4.66. The van der Waals surface area contributed by atoms with Gasteiger partial charge in [-0.25, -0.2) is 9.50 Å². The van der Waals surface area contributed by atoms with Crippen molar-refractivity contribution >= 4 is 23.4 Å². The van der Waals surface area contributed by atoms with Crippen LogP contribution in [-0.4, -0.2) is 30.7 Å². The van der Waals surface area contributed by atoms with E-state index in [1.165, 1.54) is 11.8 Å². The molecule has 1 amide bonds. The molecular weight excluding hydrogens is 358 g/mol. The van der Waals surface area contributed by atoms with E-state index in [1.54, 1.807) is 4.52 Å². The van der Waals surface area contributed by atoms with Gasteiger partial charge in [0.1, 0.15) is 0 Å². The van der Waals surface area contributed by atoms with Gasteiger partial charge in [0.2, 0.25) is 11.1 Å². The van der Waals surface area contributed by atoms with Gasteiger partial charge in [0.15, 0.2) is 0 Å². The van der Waals surface area contributed by atoms with Crippen molar-refractivity contribution in [3.05, 3.63) is 53.3 Å². The molecule has 2 heterocycles. The van der Waals surface area contributed by atoms with Gasteiger partial charge < -0.3 is 5.32 Å². The minimum atomic E-state index is -0.299. The summed E-state index contributed by atoms with van der Waals surface area (Å²) in [4.78, 5) is 21.6. The van der Waals surface area contributed by atoms with Crippen molar-refractivity contribution in [3.63, 3.8) is 0 Å². The molecule has 2 unspecified atom stereocenters. The zero-order valence-electron chi connectivity index (χ0n) is 16.1. The lowest BCUT2D eigenvalue weighted by molar-refractivity contribution is -0.121. The number of carbonyl (C=O) groups is 1. The quantitative estimate of drug-likeness (QED) is 0.627. The number of benzene rings is 1. The van der Waals surface area contributed by atoms with E-state index in [4.69, 9.17) is 0 Å². The topological polar surface area (TPSA) is 72.2 Å². The maximum Gasteiger partial charge on any atom is 0.253 e. The predicted octanol–water partition coefficient (Wildman–Crippen LogP) is 3.88. The van der Waals surface area contributed by atoms with Gasteiger partial charge in [0, 0.05) is 11.4 Å². The summed E-state index contributed by atoms with van der Waals surface area (Å²) in [5.74, 6) is 0.553. The summed E-state index contributed by atoms with van der Waals surface area (Å²) in [6, 6.07) is 12.1. The Hall–Kier alpha value is -2.41. The van der Waals surface area contributed by atoms with Crippen LogP contribution in [0.3, 0.4) is 0 Å². The number of carbonyl (C=O) groups excluding carboxylic acids is 1. The molecule has 0 aliphatic rings. The van der Waals surface area contributed by atoms with Crippen LogP contribution in [0.25, 0.3) is 5.78 Å². The van der Waals surface area contributed by atoms with E-state index >= 15 is 0 Å². The van der Waals surface area contributed by atoms with Crippen LogP contribution in [0.4, 0.5) is 0 Å². The molecule has 6 nitrogen and oxygen atoms in total. The fraction of sp³-hybridized carbons (Fsp3) is 0.400. The van der Waals surface area contributed by atoms with Crippen molar-refractivity contribution in [2.45, 2.75) is 57.0 Å². The van der Waals surface area contributed by atoms with Gasteiger partial charge in [-0.1, -0.05) is 55.4 Å². The Morgan fingerprint density at radius 1 is 1.22 bits per heavy atom. The van der Waals surface area contributed by atoms with Crippen molar-refractivity contribution in [2.24, 2.45) is 0 Å². The Kier molecular flexibility index (Phi) is 6.11. The van der Waals surface area contributed by atoms with E-state index in [-0.39, 0.29) is 17.2 Å². The second-order valence-electron chi connectivity index (χ2n) is 6.67. The summed E-state index contributed by atoms with van der Waals surface area (Å²) in [7, 11) is 0. The molecular formula is C20H25N5OS. The highest BCUT2D eigenvalue weighted by Gasteiger charge is 2.21. The number of hydrogen-bond donors (Lipinski definition) is 1.